The molecule has 0 spiro atoms. The standard InChI is InChI=1S/C15H16N4O5S/c1-9-16-17-15(20)12-7-11(8-19(9)12)25(21,22)18-10-4-5-13(23-2)14(6-10)24-3/h4-8,18H,1-3H3,(H,17,20). The van der Waals surface area contributed by atoms with E-state index in [2.05, 4.69) is 14.9 Å². The van der Waals surface area contributed by atoms with Gasteiger partial charge in [0.2, 0.25) is 0 Å². The number of fused-ring (bicyclic) bond motifs is 1. The number of sulfonamides is 1. The number of nitrogens with zero attached hydrogens (tertiary/aromatic N) is 2. The Labute approximate surface area is 143 Å². The highest BCUT2D eigenvalue weighted by Crippen LogP contribution is 2.30. The lowest BCUT2D eigenvalue weighted by Crippen LogP contribution is -2.12. The number of H-pyrrole nitrogens is 1. The fourth-order valence-electron chi connectivity index (χ4n) is 2.38. The van der Waals surface area contributed by atoms with Crippen LogP contribution in [0.15, 0.2) is 40.2 Å². The van der Waals surface area contributed by atoms with Crippen LogP contribution in [0.4, 0.5) is 5.69 Å². The van der Waals surface area contributed by atoms with E-state index >= 15 is 0 Å². The van der Waals surface area contributed by atoms with Gasteiger partial charge in [-0.2, -0.15) is 5.10 Å². The summed E-state index contributed by atoms with van der Waals surface area (Å²) >= 11 is 0. The topological polar surface area (TPSA) is 115 Å². The largest absolute Gasteiger partial charge is 0.493 e. The van der Waals surface area contributed by atoms with Crippen LogP contribution in [0.25, 0.3) is 5.52 Å². The number of hydrogen-bond donors (Lipinski definition) is 2. The molecule has 0 aliphatic carbocycles. The SMILES string of the molecule is COc1ccc(NS(=O)(=O)c2cc3c(=O)[nH]nc(C)n3c2)cc1OC. The molecule has 0 aliphatic rings. The van der Waals surface area contributed by atoms with Crippen molar-refractivity contribution in [2.45, 2.75) is 11.8 Å². The van der Waals surface area contributed by atoms with Crippen LogP contribution in [0.2, 0.25) is 0 Å². The van der Waals surface area contributed by atoms with E-state index in [1.54, 1.807) is 19.1 Å². The number of ether oxygens (including phenoxy) is 2. The Balaban J connectivity index is 2.02. The van der Waals surface area contributed by atoms with Crippen LogP contribution in [0, 0.1) is 6.92 Å². The molecule has 0 amide bonds. The van der Waals surface area contributed by atoms with Crippen LogP contribution in [0.3, 0.4) is 0 Å². The van der Waals surface area contributed by atoms with E-state index < -0.39 is 15.6 Å². The maximum atomic E-state index is 12.6. The van der Waals surface area contributed by atoms with Gasteiger partial charge in [-0.25, -0.2) is 13.5 Å². The molecule has 0 saturated carbocycles. The van der Waals surface area contributed by atoms with E-state index in [1.165, 1.54) is 36.9 Å². The lowest BCUT2D eigenvalue weighted by atomic mass is 10.3. The smallest absolute Gasteiger partial charge is 0.288 e. The lowest BCUT2D eigenvalue weighted by molar-refractivity contribution is 0.355. The van der Waals surface area contributed by atoms with Gasteiger partial charge in [0, 0.05) is 12.3 Å². The van der Waals surface area contributed by atoms with E-state index in [0.717, 1.165) is 0 Å². The maximum Gasteiger partial charge on any atom is 0.288 e. The summed E-state index contributed by atoms with van der Waals surface area (Å²) in [5, 5.41) is 6.12. The normalized spacial score (nSPS) is 11.5. The molecule has 2 aromatic heterocycles. The molecular weight excluding hydrogens is 348 g/mol. The van der Waals surface area contributed by atoms with Crippen LogP contribution >= 0.6 is 0 Å². The van der Waals surface area contributed by atoms with Crippen molar-refractivity contribution in [3.8, 4) is 11.5 Å². The summed E-state index contributed by atoms with van der Waals surface area (Å²) in [7, 11) is -0.955. The first-order valence-corrected chi connectivity index (χ1v) is 8.66. The lowest BCUT2D eigenvalue weighted by Gasteiger charge is -2.11. The number of anilines is 1. The van der Waals surface area contributed by atoms with Crippen molar-refractivity contribution >= 4 is 21.2 Å². The molecule has 0 radical (unpaired) electrons. The maximum absolute atomic E-state index is 12.6. The summed E-state index contributed by atoms with van der Waals surface area (Å²) in [6.45, 7) is 1.65. The molecule has 2 heterocycles. The summed E-state index contributed by atoms with van der Waals surface area (Å²) in [6, 6.07) is 5.93. The molecule has 132 valence electrons. The number of aromatic amines is 1. The summed E-state index contributed by atoms with van der Waals surface area (Å²) in [4.78, 5) is 11.7. The van der Waals surface area contributed by atoms with E-state index in [1.807, 2.05) is 0 Å². The second-order valence-corrected chi connectivity index (χ2v) is 6.89. The van der Waals surface area contributed by atoms with Crippen molar-refractivity contribution < 1.29 is 17.9 Å². The van der Waals surface area contributed by atoms with Crippen molar-refractivity contribution in [2.24, 2.45) is 0 Å². The van der Waals surface area contributed by atoms with Crippen molar-refractivity contribution in [1.82, 2.24) is 14.6 Å². The molecule has 0 aliphatic heterocycles. The monoisotopic (exact) mass is 364 g/mol. The number of benzene rings is 1. The minimum Gasteiger partial charge on any atom is -0.493 e. The second-order valence-electron chi connectivity index (χ2n) is 5.21. The van der Waals surface area contributed by atoms with Gasteiger partial charge in [-0.05, 0) is 25.1 Å². The zero-order chi connectivity index (χ0) is 18.2. The molecule has 25 heavy (non-hydrogen) atoms. The van der Waals surface area contributed by atoms with Crippen LogP contribution < -0.4 is 19.8 Å². The molecule has 1 aromatic carbocycles. The first-order chi connectivity index (χ1) is 11.9. The Kier molecular flexibility index (Phi) is 4.13. The van der Waals surface area contributed by atoms with Gasteiger partial charge < -0.3 is 9.47 Å². The minimum absolute atomic E-state index is 0.0520. The van der Waals surface area contributed by atoms with Crippen molar-refractivity contribution in [2.75, 3.05) is 18.9 Å². The molecular formula is C15H16N4O5S. The van der Waals surface area contributed by atoms with E-state index in [-0.39, 0.29) is 10.4 Å². The molecule has 3 aromatic rings. The zero-order valence-corrected chi connectivity index (χ0v) is 14.5. The van der Waals surface area contributed by atoms with Crippen molar-refractivity contribution in [1.29, 1.82) is 0 Å². The van der Waals surface area contributed by atoms with Gasteiger partial charge in [0.25, 0.3) is 15.6 Å². The molecule has 0 atom stereocenters. The minimum atomic E-state index is -3.90. The number of hydrogen-bond acceptors (Lipinski definition) is 6. The average Bonchev–Trinajstić information content (AvgIpc) is 3.05. The number of nitrogens with one attached hydrogen (secondary N) is 2. The quantitative estimate of drug-likeness (QED) is 0.702. The third kappa shape index (κ3) is 3.03. The van der Waals surface area contributed by atoms with Gasteiger partial charge >= 0.3 is 0 Å². The number of rotatable bonds is 5. The number of aromatic nitrogens is 3. The Bertz CT molecular complexity index is 1100. The Morgan fingerprint density at radius 2 is 1.88 bits per heavy atom. The van der Waals surface area contributed by atoms with E-state index in [4.69, 9.17) is 9.47 Å². The predicted molar refractivity (Wildman–Crippen MR) is 90.9 cm³/mol. The predicted octanol–water partition coefficient (Wildman–Crippen LogP) is 1.15. The molecule has 9 nitrogen and oxygen atoms in total. The Hall–Kier alpha value is -3.01. The fraction of sp³-hybridized carbons (Fsp3) is 0.200. The van der Waals surface area contributed by atoms with Crippen LogP contribution in [-0.4, -0.2) is 37.2 Å². The van der Waals surface area contributed by atoms with E-state index in [0.29, 0.717) is 23.0 Å². The summed E-state index contributed by atoms with van der Waals surface area (Å²) in [5.74, 6) is 1.33. The molecule has 0 unspecified atom stereocenters. The second kappa shape index (κ2) is 6.13. The van der Waals surface area contributed by atoms with Gasteiger partial charge in [0.05, 0.1) is 19.9 Å². The first-order valence-electron chi connectivity index (χ1n) is 7.18. The highest BCUT2D eigenvalue weighted by molar-refractivity contribution is 7.92. The zero-order valence-electron chi connectivity index (χ0n) is 13.7. The van der Waals surface area contributed by atoms with Crippen LogP contribution in [0.1, 0.15) is 5.82 Å². The summed E-state index contributed by atoms with van der Waals surface area (Å²) in [5.41, 5.74) is 0.0232. The first kappa shape index (κ1) is 16.8. The Morgan fingerprint density at radius 1 is 1.16 bits per heavy atom. The molecule has 0 fully saturated rings. The van der Waals surface area contributed by atoms with Crippen molar-refractivity contribution in [3.63, 3.8) is 0 Å². The molecule has 0 bridgehead atoms. The van der Waals surface area contributed by atoms with Gasteiger partial charge in [0.1, 0.15) is 16.2 Å². The highest BCUT2D eigenvalue weighted by atomic mass is 32.2. The molecule has 0 saturated heterocycles. The molecule has 3 rings (SSSR count). The third-order valence-electron chi connectivity index (χ3n) is 3.64. The average molecular weight is 364 g/mol. The number of methoxy groups -OCH3 is 2. The van der Waals surface area contributed by atoms with Crippen LogP contribution in [-0.2, 0) is 10.0 Å². The Morgan fingerprint density at radius 3 is 2.52 bits per heavy atom. The molecule has 2 N–H and O–H groups in total. The third-order valence-corrected chi connectivity index (χ3v) is 4.99. The van der Waals surface area contributed by atoms with Crippen LogP contribution in [0.5, 0.6) is 11.5 Å². The van der Waals surface area contributed by atoms with Gasteiger partial charge in [0.15, 0.2) is 11.5 Å². The highest BCUT2D eigenvalue weighted by Gasteiger charge is 2.19. The summed E-state index contributed by atoms with van der Waals surface area (Å²) in [6.07, 6.45) is 1.34. The van der Waals surface area contributed by atoms with Gasteiger partial charge in [-0.15, -0.1) is 0 Å². The fourth-order valence-corrected chi connectivity index (χ4v) is 3.45. The van der Waals surface area contributed by atoms with E-state index in [9.17, 15) is 13.2 Å². The number of aryl methyl sites for hydroxylation is 1. The van der Waals surface area contributed by atoms with Crippen molar-refractivity contribution in [3.05, 3.63) is 46.6 Å². The van der Waals surface area contributed by atoms with Gasteiger partial charge in [-0.3, -0.25) is 13.9 Å². The van der Waals surface area contributed by atoms with Gasteiger partial charge in [-0.1, -0.05) is 0 Å². The summed E-state index contributed by atoms with van der Waals surface area (Å²) < 4.78 is 39.4. The molecule has 10 heteroatoms.